The molecule has 3 rings (SSSR count). The van der Waals surface area contributed by atoms with Crippen LogP contribution in [0, 0.1) is 5.92 Å². The van der Waals surface area contributed by atoms with Crippen LogP contribution in [0.15, 0.2) is 43.0 Å². The Kier molecular flexibility index (Phi) is 6.25. The Morgan fingerprint density at radius 2 is 1.97 bits per heavy atom. The van der Waals surface area contributed by atoms with Crippen LogP contribution in [0.2, 0.25) is 0 Å². The Morgan fingerprint density at radius 3 is 2.59 bits per heavy atom. The Bertz CT molecular complexity index is 825. The van der Waals surface area contributed by atoms with Gasteiger partial charge in [-0.1, -0.05) is 12.1 Å². The minimum Gasteiger partial charge on any atom is -0.444 e. The van der Waals surface area contributed by atoms with E-state index in [-0.39, 0.29) is 24.0 Å². The molecule has 2 atom stereocenters. The maximum absolute atomic E-state index is 12.8. The van der Waals surface area contributed by atoms with Gasteiger partial charge in [-0.2, -0.15) is 0 Å². The zero-order valence-corrected chi connectivity index (χ0v) is 17.6. The standard InChI is InChI=1S/C22H30N4O3/c1-16(17-7-9-19(10-8-17)26-13-11-23-15-26)24-20(27)18-6-5-12-25(14-18)21(28)29-22(2,3)4/h7-11,13,15-16,18H,5-6,12,14H2,1-4H3,(H,24,27)/t16-,18-/m1/s1. The summed E-state index contributed by atoms with van der Waals surface area (Å²) in [5.41, 5.74) is 1.51. The van der Waals surface area contributed by atoms with Crippen LogP contribution in [0.5, 0.6) is 0 Å². The highest BCUT2D eigenvalue weighted by Crippen LogP contribution is 2.21. The molecule has 2 amide bonds. The van der Waals surface area contributed by atoms with Crippen molar-refractivity contribution in [1.29, 1.82) is 0 Å². The molecule has 1 saturated heterocycles. The summed E-state index contributed by atoms with van der Waals surface area (Å²) >= 11 is 0. The van der Waals surface area contributed by atoms with Gasteiger partial charge >= 0.3 is 6.09 Å². The topological polar surface area (TPSA) is 76.5 Å². The largest absolute Gasteiger partial charge is 0.444 e. The number of imidazole rings is 1. The van der Waals surface area contributed by atoms with Gasteiger partial charge in [0.1, 0.15) is 5.60 Å². The summed E-state index contributed by atoms with van der Waals surface area (Å²) in [7, 11) is 0. The van der Waals surface area contributed by atoms with E-state index in [1.54, 1.807) is 17.4 Å². The zero-order chi connectivity index (χ0) is 21.0. The van der Waals surface area contributed by atoms with E-state index in [1.807, 2.05) is 62.7 Å². The van der Waals surface area contributed by atoms with Gasteiger partial charge in [-0.25, -0.2) is 9.78 Å². The molecule has 1 N–H and O–H groups in total. The number of aromatic nitrogens is 2. The van der Waals surface area contributed by atoms with Crippen molar-refractivity contribution in [3.8, 4) is 5.69 Å². The summed E-state index contributed by atoms with van der Waals surface area (Å²) in [6.45, 7) is 8.53. The van der Waals surface area contributed by atoms with Crippen LogP contribution in [0.4, 0.5) is 4.79 Å². The van der Waals surface area contributed by atoms with Crippen molar-refractivity contribution in [3.63, 3.8) is 0 Å². The number of nitrogens with zero attached hydrogens (tertiary/aromatic N) is 3. The Balaban J connectivity index is 1.57. The summed E-state index contributed by atoms with van der Waals surface area (Å²) in [6, 6.07) is 7.91. The van der Waals surface area contributed by atoms with Gasteiger partial charge in [0.05, 0.1) is 18.3 Å². The molecular weight excluding hydrogens is 368 g/mol. The number of piperidine rings is 1. The van der Waals surface area contributed by atoms with Gasteiger partial charge in [-0.15, -0.1) is 0 Å². The quantitative estimate of drug-likeness (QED) is 0.852. The molecule has 156 valence electrons. The van der Waals surface area contributed by atoms with Crippen molar-refractivity contribution < 1.29 is 14.3 Å². The van der Waals surface area contributed by atoms with Gasteiger partial charge < -0.3 is 19.5 Å². The Labute approximate surface area is 172 Å². The lowest BCUT2D eigenvalue weighted by Gasteiger charge is -2.34. The highest BCUT2D eigenvalue weighted by Gasteiger charge is 2.31. The zero-order valence-electron chi connectivity index (χ0n) is 17.6. The third kappa shape index (κ3) is 5.59. The summed E-state index contributed by atoms with van der Waals surface area (Å²) in [6.07, 6.45) is 6.60. The molecule has 0 aliphatic carbocycles. The molecule has 2 aromatic rings. The van der Waals surface area contributed by atoms with Gasteiger partial charge in [0.2, 0.25) is 5.91 Å². The van der Waals surface area contributed by atoms with Gasteiger partial charge in [0, 0.05) is 31.2 Å². The fourth-order valence-electron chi connectivity index (χ4n) is 3.45. The summed E-state index contributed by atoms with van der Waals surface area (Å²) in [5.74, 6) is -0.242. The number of nitrogens with one attached hydrogen (secondary N) is 1. The number of rotatable bonds is 4. The van der Waals surface area contributed by atoms with E-state index in [4.69, 9.17) is 4.74 Å². The Morgan fingerprint density at radius 1 is 1.24 bits per heavy atom. The van der Waals surface area contributed by atoms with Crippen LogP contribution in [-0.4, -0.2) is 45.1 Å². The molecule has 1 fully saturated rings. The maximum atomic E-state index is 12.8. The van der Waals surface area contributed by atoms with E-state index >= 15 is 0 Å². The van der Waals surface area contributed by atoms with Crippen LogP contribution >= 0.6 is 0 Å². The van der Waals surface area contributed by atoms with Crippen LogP contribution < -0.4 is 5.32 Å². The molecule has 2 heterocycles. The predicted molar refractivity (Wildman–Crippen MR) is 111 cm³/mol. The molecule has 0 spiro atoms. The molecule has 7 nitrogen and oxygen atoms in total. The van der Waals surface area contributed by atoms with Crippen molar-refractivity contribution in [2.75, 3.05) is 13.1 Å². The lowest BCUT2D eigenvalue weighted by molar-refractivity contribution is -0.127. The highest BCUT2D eigenvalue weighted by atomic mass is 16.6. The van der Waals surface area contributed by atoms with Gasteiger partial charge in [-0.05, 0) is 58.2 Å². The SMILES string of the molecule is C[C@@H](NC(=O)[C@@H]1CCCN(C(=O)OC(C)(C)C)C1)c1ccc(-n2ccnc2)cc1. The monoisotopic (exact) mass is 398 g/mol. The lowest BCUT2D eigenvalue weighted by atomic mass is 9.96. The third-order valence-corrected chi connectivity index (χ3v) is 5.00. The summed E-state index contributed by atoms with van der Waals surface area (Å²) in [5, 5.41) is 3.09. The minimum atomic E-state index is -0.538. The van der Waals surface area contributed by atoms with Crippen molar-refractivity contribution in [1.82, 2.24) is 19.8 Å². The first-order chi connectivity index (χ1) is 13.7. The second kappa shape index (κ2) is 8.68. The second-order valence-corrected chi connectivity index (χ2v) is 8.56. The second-order valence-electron chi connectivity index (χ2n) is 8.56. The molecule has 1 aromatic heterocycles. The van der Waals surface area contributed by atoms with Crippen LogP contribution in [0.25, 0.3) is 5.69 Å². The van der Waals surface area contributed by atoms with Crippen LogP contribution in [0.1, 0.15) is 52.1 Å². The minimum absolute atomic E-state index is 0.0237. The van der Waals surface area contributed by atoms with Crippen molar-refractivity contribution in [2.24, 2.45) is 5.92 Å². The van der Waals surface area contributed by atoms with E-state index in [0.29, 0.717) is 13.1 Å². The first-order valence-corrected chi connectivity index (χ1v) is 10.1. The maximum Gasteiger partial charge on any atom is 0.410 e. The van der Waals surface area contributed by atoms with E-state index in [9.17, 15) is 9.59 Å². The molecule has 0 radical (unpaired) electrons. The molecule has 1 aliphatic rings. The first kappa shape index (κ1) is 20.9. The highest BCUT2D eigenvalue weighted by molar-refractivity contribution is 5.80. The molecule has 0 saturated carbocycles. The normalized spacial score (nSPS) is 18.2. The summed E-state index contributed by atoms with van der Waals surface area (Å²) < 4.78 is 7.38. The molecule has 29 heavy (non-hydrogen) atoms. The molecule has 1 aromatic carbocycles. The fourth-order valence-corrected chi connectivity index (χ4v) is 3.45. The summed E-state index contributed by atoms with van der Waals surface area (Å²) in [4.78, 5) is 30.8. The van der Waals surface area contributed by atoms with Gasteiger partial charge in [0.25, 0.3) is 0 Å². The predicted octanol–water partition coefficient (Wildman–Crippen LogP) is 3.70. The van der Waals surface area contributed by atoms with Gasteiger partial charge in [-0.3, -0.25) is 4.79 Å². The molecule has 0 bridgehead atoms. The third-order valence-electron chi connectivity index (χ3n) is 5.00. The lowest BCUT2D eigenvalue weighted by Crippen LogP contribution is -2.47. The number of benzene rings is 1. The van der Waals surface area contributed by atoms with Crippen LogP contribution in [-0.2, 0) is 9.53 Å². The van der Waals surface area contributed by atoms with Crippen molar-refractivity contribution in [3.05, 3.63) is 48.5 Å². The number of carbonyl (C=O) groups is 2. The molecule has 1 aliphatic heterocycles. The number of carbonyl (C=O) groups excluding carboxylic acids is 2. The number of amides is 2. The smallest absolute Gasteiger partial charge is 0.410 e. The average Bonchev–Trinajstić information content (AvgIpc) is 3.21. The van der Waals surface area contributed by atoms with E-state index in [1.165, 1.54) is 0 Å². The van der Waals surface area contributed by atoms with Crippen molar-refractivity contribution in [2.45, 2.75) is 52.2 Å². The van der Waals surface area contributed by atoms with Gasteiger partial charge in [0.15, 0.2) is 0 Å². The Hall–Kier alpha value is -2.83. The first-order valence-electron chi connectivity index (χ1n) is 10.1. The molecule has 7 heteroatoms. The average molecular weight is 399 g/mol. The number of hydrogen-bond donors (Lipinski definition) is 1. The molecular formula is C22H30N4O3. The van der Waals surface area contributed by atoms with Crippen molar-refractivity contribution >= 4 is 12.0 Å². The number of ether oxygens (including phenoxy) is 1. The van der Waals surface area contributed by atoms with E-state index in [0.717, 1.165) is 24.1 Å². The van der Waals surface area contributed by atoms with E-state index < -0.39 is 5.60 Å². The fraction of sp³-hybridized carbons (Fsp3) is 0.500. The van der Waals surface area contributed by atoms with E-state index in [2.05, 4.69) is 10.3 Å². The molecule has 0 unspecified atom stereocenters. The number of likely N-dealkylation sites (tertiary alicyclic amines) is 1. The van der Waals surface area contributed by atoms with Crippen LogP contribution in [0.3, 0.4) is 0 Å². The number of hydrogen-bond acceptors (Lipinski definition) is 4.